The molecule has 8 heteroatoms. The average Bonchev–Trinajstić information content (AvgIpc) is 2.99. The summed E-state index contributed by atoms with van der Waals surface area (Å²) in [5, 5.41) is 45.8. The Morgan fingerprint density at radius 2 is 1.96 bits per heavy atom. The number of aliphatic hydroxyl groups is 1. The SMILES string of the molecule is N#Cc1cc(CCO)cc(-n2nc3ccc(C(=O)O)cc3n2)c1O. The van der Waals surface area contributed by atoms with E-state index in [2.05, 4.69) is 10.2 Å². The molecule has 0 amide bonds. The van der Waals surface area contributed by atoms with Crippen LogP contribution in [-0.2, 0) is 6.42 Å². The van der Waals surface area contributed by atoms with Gasteiger partial charge in [0, 0.05) is 6.61 Å². The van der Waals surface area contributed by atoms with Crippen molar-refractivity contribution < 1.29 is 20.1 Å². The second-order valence-electron chi connectivity index (χ2n) is 5.09. The smallest absolute Gasteiger partial charge is 0.335 e. The second-order valence-corrected chi connectivity index (χ2v) is 5.09. The zero-order valence-corrected chi connectivity index (χ0v) is 12.3. The minimum Gasteiger partial charge on any atom is -0.504 e. The molecule has 0 unspecified atom stereocenters. The van der Waals surface area contributed by atoms with Crippen molar-refractivity contribution in [2.24, 2.45) is 0 Å². The predicted molar refractivity (Wildman–Crippen MR) is 83.0 cm³/mol. The Hall–Kier alpha value is -3.44. The van der Waals surface area contributed by atoms with Crippen molar-refractivity contribution in [1.82, 2.24) is 15.0 Å². The zero-order chi connectivity index (χ0) is 17.3. The molecule has 0 saturated heterocycles. The third-order valence-corrected chi connectivity index (χ3v) is 3.51. The summed E-state index contributed by atoms with van der Waals surface area (Å²) in [6.45, 7) is -0.106. The molecular weight excluding hydrogens is 312 g/mol. The normalized spacial score (nSPS) is 10.7. The van der Waals surface area contributed by atoms with Gasteiger partial charge in [-0.2, -0.15) is 5.26 Å². The Bertz CT molecular complexity index is 988. The number of rotatable bonds is 4. The number of aromatic carboxylic acids is 1. The number of hydrogen-bond donors (Lipinski definition) is 3. The maximum Gasteiger partial charge on any atom is 0.335 e. The number of benzene rings is 2. The zero-order valence-electron chi connectivity index (χ0n) is 12.3. The molecule has 120 valence electrons. The summed E-state index contributed by atoms with van der Waals surface area (Å²) in [5.41, 5.74) is 1.75. The van der Waals surface area contributed by atoms with Crippen LogP contribution in [-0.4, -0.2) is 42.9 Å². The van der Waals surface area contributed by atoms with E-state index in [1.807, 2.05) is 6.07 Å². The molecule has 24 heavy (non-hydrogen) atoms. The van der Waals surface area contributed by atoms with Gasteiger partial charge in [0.25, 0.3) is 0 Å². The molecule has 1 aromatic heterocycles. The number of carboxylic acid groups (broad SMARTS) is 1. The second kappa shape index (κ2) is 5.98. The number of carboxylic acids is 1. The molecule has 0 fully saturated rings. The van der Waals surface area contributed by atoms with Gasteiger partial charge in [-0.1, -0.05) is 0 Å². The van der Waals surface area contributed by atoms with Gasteiger partial charge in [-0.15, -0.1) is 15.0 Å². The van der Waals surface area contributed by atoms with Crippen molar-refractivity contribution in [3.63, 3.8) is 0 Å². The number of nitrogens with zero attached hydrogens (tertiary/aromatic N) is 4. The number of hydrogen-bond acceptors (Lipinski definition) is 6. The third-order valence-electron chi connectivity index (χ3n) is 3.51. The van der Waals surface area contributed by atoms with Gasteiger partial charge in [-0.3, -0.25) is 0 Å². The van der Waals surface area contributed by atoms with E-state index in [-0.39, 0.29) is 29.2 Å². The lowest BCUT2D eigenvalue weighted by molar-refractivity contribution is 0.0697. The molecule has 0 aliphatic carbocycles. The highest BCUT2D eigenvalue weighted by atomic mass is 16.4. The summed E-state index contributed by atoms with van der Waals surface area (Å²) in [4.78, 5) is 12.2. The molecule has 3 N–H and O–H groups in total. The van der Waals surface area contributed by atoms with Crippen LogP contribution < -0.4 is 0 Å². The summed E-state index contributed by atoms with van der Waals surface area (Å²) >= 11 is 0. The van der Waals surface area contributed by atoms with Crippen LogP contribution in [0.25, 0.3) is 16.7 Å². The summed E-state index contributed by atoms with van der Waals surface area (Å²) in [7, 11) is 0. The molecule has 0 spiro atoms. The number of phenolic OH excluding ortho intramolecular Hbond substituents is 1. The van der Waals surface area contributed by atoms with E-state index in [0.717, 1.165) is 4.80 Å². The fourth-order valence-corrected chi connectivity index (χ4v) is 2.34. The maximum absolute atomic E-state index is 11.0. The number of fused-ring (bicyclic) bond motifs is 1. The van der Waals surface area contributed by atoms with Crippen molar-refractivity contribution in [2.75, 3.05) is 6.61 Å². The summed E-state index contributed by atoms with van der Waals surface area (Å²) in [5.74, 6) is -1.36. The van der Waals surface area contributed by atoms with E-state index in [1.54, 1.807) is 6.07 Å². The first kappa shape index (κ1) is 15.5. The summed E-state index contributed by atoms with van der Waals surface area (Å²) < 4.78 is 0. The molecular formula is C16H12N4O4. The highest BCUT2D eigenvalue weighted by molar-refractivity contribution is 5.92. The largest absolute Gasteiger partial charge is 0.504 e. The monoisotopic (exact) mass is 324 g/mol. The lowest BCUT2D eigenvalue weighted by atomic mass is 10.1. The summed E-state index contributed by atoms with van der Waals surface area (Å²) in [6.07, 6.45) is 0.311. The third kappa shape index (κ3) is 2.64. The van der Waals surface area contributed by atoms with Gasteiger partial charge in [0.2, 0.25) is 0 Å². The maximum atomic E-state index is 11.0. The van der Waals surface area contributed by atoms with Crippen LogP contribution in [0.5, 0.6) is 5.75 Å². The first-order valence-electron chi connectivity index (χ1n) is 7.01. The van der Waals surface area contributed by atoms with Crippen LogP contribution >= 0.6 is 0 Å². The van der Waals surface area contributed by atoms with E-state index < -0.39 is 5.97 Å². The minimum absolute atomic E-state index is 0.0449. The lowest BCUT2D eigenvalue weighted by Gasteiger charge is -2.08. The van der Waals surface area contributed by atoms with Gasteiger partial charge in [-0.05, 0) is 42.3 Å². The van der Waals surface area contributed by atoms with Crippen molar-refractivity contribution in [1.29, 1.82) is 5.26 Å². The fraction of sp³-hybridized carbons (Fsp3) is 0.125. The van der Waals surface area contributed by atoms with Crippen LogP contribution in [0.15, 0.2) is 30.3 Å². The number of phenols is 1. The number of carbonyl (C=O) groups is 1. The molecule has 3 aromatic rings. The van der Waals surface area contributed by atoms with Crippen LogP contribution in [0.2, 0.25) is 0 Å². The Kier molecular flexibility index (Phi) is 3.85. The highest BCUT2D eigenvalue weighted by Crippen LogP contribution is 2.28. The molecule has 0 bridgehead atoms. The molecule has 2 aromatic carbocycles. The van der Waals surface area contributed by atoms with Gasteiger partial charge < -0.3 is 15.3 Å². The lowest BCUT2D eigenvalue weighted by Crippen LogP contribution is -2.02. The first-order chi connectivity index (χ1) is 11.5. The van der Waals surface area contributed by atoms with Crippen LogP contribution in [0.3, 0.4) is 0 Å². The van der Waals surface area contributed by atoms with Gasteiger partial charge >= 0.3 is 5.97 Å². The van der Waals surface area contributed by atoms with E-state index in [4.69, 9.17) is 15.5 Å². The quantitative estimate of drug-likeness (QED) is 0.657. The van der Waals surface area contributed by atoms with Crippen molar-refractivity contribution in [3.8, 4) is 17.5 Å². The Morgan fingerprint density at radius 1 is 1.21 bits per heavy atom. The first-order valence-corrected chi connectivity index (χ1v) is 7.01. The van der Waals surface area contributed by atoms with Gasteiger partial charge in [0.1, 0.15) is 22.8 Å². The van der Waals surface area contributed by atoms with Gasteiger partial charge in [0.15, 0.2) is 5.75 Å². The molecule has 0 atom stereocenters. The van der Waals surface area contributed by atoms with Crippen molar-refractivity contribution >= 4 is 17.0 Å². The fourth-order valence-electron chi connectivity index (χ4n) is 2.34. The van der Waals surface area contributed by atoms with Crippen molar-refractivity contribution in [3.05, 3.63) is 47.0 Å². The van der Waals surface area contributed by atoms with Crippen LogP contribution in [0.4, 0.5) is 0 Å². The molecule has 1 heterocycles. The molecule has 0 saturated carbocycles. The number of aromatic hydroxyl groups is 1. The van der Waals surface area contributed by atoms with E-state index >= 15 is 0 Å². The molecule has 0 aliphatic heterocycles. The molecule has 0 radical (unpaired) electrons. The van der Waals surface area contributed by atoms with Gasteiger partial charge in [-0.25, -0.2) is 4.79 Å². The number of aliphatic hydroxyl groups excluding tert-OH is 1. The van der Waals surface area contributed by atoms with Gasteiger partial charge in [0.05, 0.1) is 11.1 Å². The number of nitriles is 1. The van der Waals surface area contributed by atoms with E-state index in [0.29, 0.717) is 23.0 Å². The topological polar surface area (TPSA) is 132 Å². The average molecular weight is 324 g/mol. The standard InChI is InChI=1S/C16H12N4O4/c17-8-11-5-9(3-4-21)6-14(15(11)22)20-18-12-2-1-10(16(23)24)7-13(12)19-20/h1-2,5-7,21-22H,3-4H2,(H,23,24). The summed E-state index contributed by atoms with van der Waals surface area (Å²) in [6, 6.07) is 9.24. The van der Waals surface area contributed by atoms with E-state index in [1.165, 1.54) is 24.3 Å². The van der Waals surface area contributed by atoms with Crippen molar-refractivity contribution in [2.45, 2.75) is 6.42 Å². The van der Waals surface area contributed by atoms with Crippen LogP contribution in [0, 0.1) is 11.3 Å². The molecule has 3 rings (SSSR count). The predicted octanol–water partition coefficient (Wildman–Crippen LogP) is 1.23. The van der Waals surface area contributed by atoms with Crippen LogP contribution in [0.1, 0.15) is 21.5 Å². The molecule has 0 aliphatic rings. The highest BCUT2D eigenvalue weighted by Gasteiger charge is 2.15. The minimum atomic E-state index is -1.08. The molecule has 8 nitrogen and oxygen atoms in total. The Balaban J connectivity index is 2.17. The Morgan fingerprint density at radius 3 is 2.62 bits per heavy atom. The van der Waals surface area contributed by atoms with E-state index in [9.17, 15) is 9.90 Å². The number of aromatic nitrogens is 3. The Labute approximate surface area is 135 Å².